The van der Waals surface area contributed by atoms with Crippen molar-refractivity contribution in [3.05, 3.63) is 95.6 Å². The number of pyridine rings is 1. The van der Waals surface area contributed by atoms with Crippen LogP contribution in [0, 0.1) is 5.82 Å². The largest absolute Gasteiger partial charge is 0.601 e. The first-order chi connectivity index (χ1) is 13.6. The molecule has 0 aliphatic carbocycles. The van der Waals surface area contributed by atoms with E-state index in [-0.39, 0.29) is 30.3 Å². The minimum absolute atomic E-state index is 0.113. The van der Waals surface area contributed by atoms with Gasteiger partial charge in [0.25, 0.3) is 0 Å². The molecule has 0 spiro atoms. The molecule has 1 aromatic heterocycles. The van der Waals surface area contributed by atoms with Crippen LogP contribution in [0.25, 0.3) is 0 Å². The molecule has 3 aromatic rings. The molecule has 142 valence electrons. The zero-order valence-corrected chi connectivity index (χ0v) is 15.3. The number of aromatic nitrogens is 1. The van der Waals surface area contributed by atoms with Gasteiger partial charge in [0.15, 0.2) is 18.2 Å². The van der Waals surface area contributed by atoms with Gasteiger partial charge in [-0.1, -0.05) is 34.9 Å². The monoisotopic (exact) mass is 380 g/mol. The fourth-order valence-electron chi connectivity index (χ4n) is 2.58. The van der Waals surface area contributed by atoms with Gasteiger partial charge in [-0.2, -0.15) is 4.79 Å². The molecule has 5 nitrogen and oxygen atoms in total. The van der Waals surface area contributed by atoms with Crippen LogP contribution in [0.3, 0.4) is 0 Å². The van der Waals surface area contributed by atoms with E-state index in [1.165, 1.54) is 22.8 Å². The first-order valence-corrected chi connectivity index (χ1v) is 8.78. The molecule has 6 heteroatoms. The Morgan fingerprint density at radius 1 is 1.00 bits per heavy atom. The Kier molecular flexibility index (Phi) is 6.11. The number of benzene rings is 2. The topological polar surface area (TPSA) is 56.5 Å². The number of ether oxygens (including phenoxy) is 2. The van der Waals surface area contributed by atoms with Crippen LogP contribution < -0.4 is 9.30 Å². The first-order valence-electron chi connectivity index (χ1n) is 8.78. The third kappa shape index (κ3) is 4.59. The third-order valence-corrected chi connectivity index (χ3v) is 4.00. The van der Waals surface area contributed by atoms with Crippen LogP contribution in [0.5, 0.6) is 5.75 Å². The Bertz CT molecular complexity index is 972. The molecule has 0 fully saturated rings. The minimum atomic E-state index is -0.493. The van der Waals surface area contributed by atoms with Gasteiger partial charge in [0.2, 0.25) is 0 Å². The molecule has 0 aliphatic rings. The summed E-state index contributed by atoms with van der Waals surface area (Å²) in [6.45, 7) is 2.13. The van der Waals surface area contributed by atoms with E-state index in [9.17, 15) is 14.0 Å². The first kappa shape index (κ1) is 19.2. The average Bonchev–Trinajstić information content (AvgIpc) is 2.73. The van der Waals surface area contributed by atoms with Crippen molar-refractivity contribution in [3.8, 4) is 5.75 Å². The fraction of sp³-hybridized carbons (Fsp3) is 0.136. The van der Waals surface area contributed by atoms with E-state index >= 15 is 0 Å². The van der Waals surface area contributed by atoms with Gasteiger partial charge in [-0.25, -0.2) is 4.39 Å². The minimum Gasteiger partial charge on any atom is -0.488 e. The molecule has 0 saturated carbocycles. The highest BCUT2D eigenvalue weighted by atomic mass is 19.1. The molecule has 0 radical (unpaired) electrons. The molecule has 28 heavy (non-hydrogen) atoms. The number of halogens is 1. The number of hydrogen-bond acceptors (Lipinski definition) is 4. The lowest BCUT2D eigenvalue weighted by atomic mass is 10.0. The molecule has 0 N–H and O–H groups in total. The van der Waals surface area contributed by atoms with Gasteiger partial charge in [-0.3, -0.25) is 4.79 Å². The van der Waals surface area contributed by atoms with Crippen molar-refractivity contribution in [3.63, 3.8) is 0 Å². The second-order valence-electron chi connectivity index (χ2n) is 5.94. The lowest BCUT2D eigenvalue weighted by Crippen LogP contribution is -2.42. The second kappa shape index (κ2) is 8.90. The molecule has 0 saturated heterocycles. The molecule has 3 rings (SSSR count). The van der Waals surface area contributed by atoms with E-state index in [4.69, 9.17) is 9.47 Å². The maximum Gasteiger partial charge on any atom is 0.601 e. The molecule has 1 heterocycles. The maximum absolute atomic E-state index is 13.7. The molecule has 0 bridgehead atoms. The summed E-state index contributed by atoms with van der Waals surface area (Å²) in [5.74, 6) is -0.576. The smallest absolute Gasteiger partial charge is 0.488 e. The summed E-state index contributed by atoms with van der Waals surface area (Å²) in [5, 5.41) is 0. The van der Waals surface area contributed by atoms with Crippen molar-refractivity contribution in [2.75, 3.05) is 6.61 Å². The Labute approximate surface area is 162 Å². The number of rotatable bonds is 6. The van der Waals surface area contributed by atoms with E-state index in [0.717, 1.165) is 5.56 Å². The molecule has 0 unspecified atom stereocenters. The van der Waals surface area contributed by atoms with Gasteiger partial charge in [-0.05, 0) is 19.1 Å². The van der Waals surface area contributed by atoms with Crippen LogP contribution in [0.2, 0.25) is 0 Å². The quantitative estimate of drug-likeness (QED) is 0.480. The highest BCUT2D eigenvalue weighted by Crippen LogP contribution is 2.24. The van der Waals surface area contributed by atoms with Crippen molar-refractivity contribution in [1.29, 1.82) is 0 Å². The Morgan fingerprint density at radius 2 is 1.71 bits per heavy atom. The summed E-state index contributed by atoms with van der Waals surface area (Å²) < 4.78 is 25.6. The van der Waals surface area contributed by atoms with Crippen LogP contribution in [0.1, 0.15) is 28.4 Å². The van der Waals surface area contributed by atoms with E-state index < -0.39 is 11.9 Å². The van der Waals surface area contributed by atoms with E-state index in [1.807, 2.05) is 6.07 Å². The van der Waals surface area contributed by atoms with Crippen LogP contribution in [0.4, 0.5) is 9.18 Å². The Hall–Kier alpha value is -3.54. The predicted octanol–water partition coefficient (Wildman–Crippen LogP) is 3.93. The lowest BCUT2D eigenvalue weighted by Gasteiger charge is -2.11. The van der Waals surface area contributed by atoms with Crippen molar-refractivity contribution in [2.45, 2.75) is 13.5 Å². The number of carbonyl (C=O) groups is 2. The Balaban J connectivity index is 1.76. The van der Waals surface area contributed by atoms with E-state index in [0.29, 0.717) is 5.56 Å². The molecule has 2 aromatic carbocycles. The summed E-state index contributed by atoms with van der Waals surface area (Å²) in [7, 11) is 0. The maximum atomic E-state index is 13.7. The van der Waals surface area contributed by atoms with Crippen molar-refractivity contribution in [1.82, 2.24) is 0 Å². The SMILES string of the molecule is CCOC(=O)[n+]1ccc(COc2cc(F)ccc2C(=O)c2ccccc2)cc1. The summed E-state index contributed by atoms with van der Waals surface area (Å²) in [6, 6.07) is 16.0. The number of hydrogen-bond donors (Lipinski definition) is 0. The highest BCUT2D eigenvalue weighted by Gasteiger charge is 2.17. The lowest BCUT2D eigenvalue weighted by molar-refractivity contribution is -0.586. The molecule has 0 amide bonds. The van der Waals surface area contributed by atoms with Gasteiger partial charge < -0.3 is 9.47 Å². The van der Waals surface area contributed by atoms with Crippen molar-refractivity contribution in [2.24, 2.45) is 0 Å². The van der Waals surface area contributed by atoms with Gasteiger partial charge >= 0.3 is 6.09 Å². The zero-order valence-electron chi connectivity index (χ0n) is 15.3. The second-order valence-corrected chi connectivity index (χ2v) is 5.94. The van der Waals surface area contributed by atoms with Gasteiger partial charge in [0.05, 0.1) is 12.2 Å². The summed E-state index contributed by atoms with van der Waals surface area (Å²) in [4.78, 5) is 24.4. The van der Waals surface area contributed by atoms with Gasteiger partial charge in [-0.15, -0.1) is 0 Å². The summed E-state index contributed by atoms with van der Waals surface area (Å²) in [6.07, 6.45) is 2.63. The van der Waals surface area contributed by atoms with E-state index in [2.05, 4.69) is 0 Å². The summed E-state index contributed by atoms with van der Waals surface area (Å²) >= 11 is 0. The van der Waals surface area contributed by atoms with Crippen LogP contribution in [-0.2, 0) is 11.3 Å². The third-order valence-electron chi connectivity index (χ3n) is 4.00. The molecular weight excluding hydrogens is 361 g/mol. The molecule has 0 aliphatic heterocycles. The molecule has 0 atom stereocenters. The standard InChI is InChI=1S/C22H19FNO4/c1-2-27-22(26)24-12-10-16(11-13-24)15-28-20-14-18(23)8-9-19(20)21(25)17-6-4-3-5-7-17/h3-14H,2,15H2,1H3/q+1. The predicted molar refractivity (Wildman–Crippen MR) is 99.7 cm³/mol. The Morgan fingerprint density at radius 3 is 2.39 bits per heavy atom. The van der Waals surface area contributed by atoms with Crippen LogP contribution >= 0.6 is 0 Å². The van der Waals surface area contributed by atoms with Gasteiger partial charge in [0, 0.05) is 29.3 Å². The summed E-state index contributed by atoms with van der Waals surface area (Å²) in [5.41, 5.74) is 1.53. The molecular formula is C22H19FNO4+. The number of nitrogens with zero attached hydrogens (tertiary/aromatic N) is 1. The average molecular weight is 380 g/mol. The fourth-order valence-corrected chi connectivity index (χ4v) is 2.58. The number of ketones is 1. The van der Waals surface area contributed by atoms with Crippen molar-refractivity contribution < 1.29 is 28.0 Å². The van der Waals surface area contributed by atoms with E-state index in [1.54, 1.807) is 55.7 Å². The number of carbonyl (C=O) groups excluding carboxylic acids is 2. The normalized spacial score (nSPS) is 10.4. The zero-order chi connectivity index (χ0) is 19.9. The van der Waals surface area contributed by atoms with Crippen molar-refractivity contribution >= 4 is 11.9 Å². The van der Waals surface area contributed by atoms with Crippen LogP contribution in [0.15, 0.2) is 73.1 Å². The highest BCUT2D eigenvalue weighted by molar-refractivity contribution is 6.10. The van der Waals surface area contributed by atoms with Crippen LogP contribution in [-0.4, -0.2) is 18.5 Å². The van der Waals surface area contributed by atoms with Gasteiger partial charge in [0.1, 0.15) is 18.2 Å².